The second kappa shape index (κ2) is 16.7. The van der Waals surface area contributed by atoms with Crippen molar-refractivity contribution in [1.82, 2.24) is 0 Å². The minimum atomic E-state index is -2.81. The molecule has 1 aliphatic carbocycles. The topological polar surface area (TPSA) is 71.2 Å². The Morgan fingerprint density at radius 3 is 1.52 bits per heavy atom. The molecule has 0 bridgehead atoms. The van der Waals surface area contributed by atoms with Gasteiger partial charge in [-0.2, -0.15) is 0 Å². The highest BCUT2D eigenvalue weighted by Gasteiger charge is 2.47. The Bertz CT molecular complexity index is 1740. The molecule has 0 saturated carbocycles. The van der Waals surface area contributed by atoms with Gasteiger partial charge < -0.3 is 32.2 Å². The van der Waals surface area contributed by atoms with Gasteiger partial charge in [-0.15, -0.1) is 0 Å². The number of unbranched alkanes of at least 4 members (excludes halogenated alkanes) is 1. The molecule has 8 heteroatoms. The Hall–Kier alpha value is -3.50. The quantitative estimate of drug-likeness (QED) is 0.0554. The lowest BCUT2D eigenvalue weighted by Crippen LogP contribution is -2.46. The van der Waals surface area contributed by atoms with Crippen molar-refractivity contribution in [2.24, 2.45) is 0 Å². The van der Waals surface area contributed by atoms with E-state index in [1.54, 1.807) is 0 Å². The molecule has 2 fully saturated rings. The molecule has 2 atom stereocenters. The molecule has 52 heavy (non-hydrogen) atoms. The average molecular weight is 723 g/mol. The van der Waals surface area contributed by atoms with E-state index in [0.29, 0.717) is 33.0 Å². The van der Waals surface area contributed by atoms with Crippen molar-refractivity contribution in [3.63, 3.8) is 0 Å². The fourth-order valence-corrected chi connectivity index (χ4v) is 10.5. The molecule has 2 unspecified atom stereocenters. The zero-order chi connectivity index (χ0) is 36.0. The first kappa shape index (κ1) is 36.8. The number of rotatable bonds is 21. The van der Waals surface area contributed by atoms with Gasteiger partial charge in [0, 0.05) is 25.9 Å². The first-order valence-corrected chi connectivity index (χ1v) is 21.3. The predicted molar refractivity (Wildman–Crippen MR) is 207 cm³/mol. The summed E-state index contributed by atoms with van der Waals surface area (Å²) in [5.74, 6) is 1.86. The van der Waals surface area contributed by atoms with E-state index in [4.69, 9.17) is 32.2 Å². The van der Waals surface area contributed by atoms with Gasteiger partial charge in [0.15, 0.2) is 0 Å². The van der Waals surface area contributed by atoms with E-state index < -0.39 is 14.2 Å². The Morgan fingerprint density at radius 2 is 1.08 bits per heavy atom. The molecule has 0 radical (unpaired) electrons. The third-order valence-corrected chi connectivity index (χ3v) is 13.6. The number of hydrogen-bond acceptors (Lipinski definition) is 7. The molecule has 2 heterocycles. The van der Waals surface area contributed by atoms with Crippen molar-refractivity contribution in [2.45, 2.75) is 83.5 Å². The van der Waals surface area contributed by atoms with Gasteiger partial charge in [-0.3, -0.25) is 0 Å². The van der Waals surface area contributed by atoms with Crippen LogP contribution in [0.4, 0.5) is 0 Å². The SMILES string of the molecule is CCCCc1cc(C2(c3ccc(OCC4CO4)c(CCC[Si](OCC)(OCC)OCC)c3)c3ccccc3-c3ccccc32)ccc1OCC1CO1. The fourth-order valence-electron chi connectivity index (χ4n) is 7.88. The molecule has 3 aliphatic rings. The van der Waals surface area contributed by atoms with Gasteiger partial charge in [-0.1, -0.05) is 86.1 Å². The van der Waals surface area contributed by atoms with E-state index in [-0.39, 0.29) is 12.2 Å². The summed E-state index contributed by atoms with van der Waals surface area (Å²) in [5, 5.41) is 0. The smallest absolute Gasteiger partial charge is 0.491 e. The van der Waals surface area contributed by atoms with Gasteiger partial charge in [-0.05, 0) is 103 Å². The second-order valence-corrected chi connectivity index (χ2v) is 16.7. The minimum Gasteiger partial charge on any atom is -0.491 e. The van der Waals surface area contributed by atoms with Crippen molar-refractivity contribution in [1.29, 1.82) is 0 Å². The molecular formula is C44H54O7Si. The summed E-state index contributed by atoms with van der Waals surface area (Å²) in [4.78, 5) is 0. The van der Waals surface area contributed by atoms with Crippen LogP contribution in [-0.4, -0.2) is 67.3 Å². The molecule has 4 aromatic rings. The Labute approximate surface area is 310 Å². The summed E-state index contributed by atoms with van der Waals surface area (Å²) in [7, 11) is -2.81. The monoisotopic (exact) mass is 722 g/mol. The third-order valence-electron chi connectivity index (χ3n) is 10.4. The first-order chi connectivity index (χ1) is 25.5. The summed E-state index contributed by atoms with van der Waals surface area (Å²) in [6.07, 6.45) is 5.18. The fraction of sp³-hybridized carbons (Fsp3) is 0.455. The number of fused-ring (bicyclic) bond motifs is 3. The molecule has 2 saturated heterocycles. The van der Waals surface area contributed by atoms with Gasteiger partial charge in [0.25, 0.3) is 0 Å². The number of aryl methyl sites for hydroxylation is 2. The predicted octanol–water partition coefficient (Wildman–Crippen LogP) is 8.93. The number of epoxide rings is 2. The highest BCUT2D eigenvalue weighted by Crippen LogP contribution is 2.57. The van der Waals surface area contributed by atoms with Gasteiger partial charge in [-0.25, -0.2) is 0 Å². The molecule has 0 spiro atoms. The standard InChI is InChI=1S/C44H54O7Si/c1-5-9-15-32-26-34(21-23-42(32)47-30-36-28-45-36)44(40-19-12-10-17-38(40)39-18-11-13-20-41(39)44)35-22-24-43(48-31-37-29-46-37)33(27-35)16-14-25-52(49-6-2,50-7-3)51-8-4/h10-13,17-24,26-27,36-37H,5-9,14-16,25,28-31H2,1-4H3. The van der Waals surface area contributed by atoms with Gasteiger partial charge in [0.2, 0.25) is 0 Å². The zero-order valence-electron chi connectivity index (χ0n) is 31.3. The van der Waals surface area contributed by atoms with Crippen LogP contribution in [0, 0.1) is 0 Å². The largest absolute Gasteiger partial charge is 0.500 e. The molecule has 7 rings (SSSR count). The average Bonchev–Trinajstić information content (AvgIpc) is 4.11. The lowest BCUT2D eigenvalue weighted by Gasteiger charge is -2.35. The summed E-state index contributed by atoms with van der Waals surface area (Å²) in [5.41, 5.74) is 9.46. The van der Waals surface area contributed by atoms with E-state index in [1.165, 1.54) is 44.5 Å². The molecule has 0 aromatic heterocycles. The highest BCUT2D eigenvalue weighted by molar-refractivity contribution is 6.60. The normalized spacial score (nSPS) is 18.2. The maximum Gasteiger partial charge on any atom is 0.500 e. The molecule has 0 amide bonds. The van der Waals surface area contributed by atoms with Gasteiger partial charge >= 0.3 is 8.80 Å². The number of hydrogen-bond donors (Lipinski definition) is 0. The van der Waals surface area contributed by atoms with Crippen molar-refractivity contribution in [2.75, 3.05) is 46.2 Å². The molecule has 0 N–H and O–H groups in total. The third kappa shape index (κ3) is 7.74. The zero-order valence-corrected chi connectivity index (χ0v) is 32.3. The van der Waals surface area contributed by atoms with Crippen LogP contribution < -0.4 is 9.47 Å². The first-order valence-electron chi connectivity index (χ1n) is 19.4. The van der Waals surface area contributed by atoms with E-state index >= 15 is 0 Å². The van der Waals surface area contributed by atoms with Crippen LogP contribution in [0.2, 0.25) is 6.04 Å². The van der Waals surface area contributed by atoms with E-state index in [2.05, 4.69) is 91.9 Å². The molecule has 2 aliphatic heterocycles. The van der Waals surface area contributed by atoms with Gasteiger partial charge in [0.05, 0.1) is 18.6 Å². The van der Waals surface area contributed by atoms with Crippen molar-refractivity contribution < 1.29 is 32.2 Å². The van der Waals surface area contributed by atoms with Crippen molar-refractivity contribution >= 4 is 8.80 Å². The molecule has 4 aromatic carbocycles. The Kier molecular flexibility index (Phi) is 11.8. The summed E-state index contributed by atoms with van der Waals surface area (Å²) >= 11 is 0. The second-order valence-electron chi connectivity index (χ2n) is 14.0. The molecular weight excluding hydrogens is 669 g/mol. The number of benzene rings is 4. The summed E-state index contributed by atoms with van der Waals surface area (Å²) < 4.78 is 42.6. The van der Waals surface area contributed by atoms with Crippen LogP contribution in [-0.2, 0) is 41.0 Å². The van der Waals surface area contributed by atoms with Crippen LogP contribution >= 0.6 is 0 Å². The Balaban J connectivity index is 1.35. The van der Waals surface area contributed by atoms with Crippen molar-refractivity contribution in [3.05, 3.63) is 118 Å². The highest BCUT2D eigenvalue weighted by atomic mass is 28.4. The Morgan fingerprint density at radius 1 is 0.615 bits per heavy atom. The van der Waals surface area contributed by atoms with E-state index in [9.17, 15) is 0 Å². The van der Waals surface area contributed by atoms with E-state index in [0.717, 1.165) is 62.9 Å². The van der Waals surface area contributed by atoms with Crippen LogP contribution in [0.1, 0.15) is 80.3 Å². The van der Waals surface area contributed by atoms with Crippen LogP contribution in [0.3, 0.4) is 0 Å². The maximum absolute atomic E-state index is 6.48. The minimum absolute atomic E-state index is 0.162. The van der Waals surface area contributed by atoms with Gasteiger partial charge in [0.1, 0.15) is 36.9 Å². The van der Waals surface area contributed by atoms with Crippen LogP contribution in [0.5, 0.6) is 11.5 Å². The van der Waals surface area contributed by atoms with Crippen LogP contribution in [0.25, 0.3) is 11.1 Å². The molecule has 7 nitrogen and oxygen atoms in total. The lowest BCUT2D eigenvalue weighted by molar-refractivity contribution is 0.0708. The summed E-state index contributed by atoms with van der Waals surface area (Å²) in [6, 6.07) is 32.3. The molecule has 276 valence electrons. The number of ether oxygens (including phenoxy) is 4. The summed E-state index contributed by atoms with van der Waals surface area (Å²) in [6.45, 7) is 12.7. The van der Waals surface area contributed by atoms with Crippen molar-refractivity contribution in [3.8, 4) is 22.6 Å². The van der Waals surface area contributed by atoms with E-state index in [1.807, 2.05) is 20.8 Å². The maximum atomic E-state index is 6.48. The lowest BCUT2D eigenvalue weighted by atomic mass is 9.67. The van der Waals surface area contributed by atoms with Crippen LogP contribution in [0.15, 0.2) is 84.9 Å².